The second-order valence-electron chi connectivity index (χ2n) is 3.04. The van der Waals surface area contributed by atoms with Crippen LogP contribution >= 0.6 is 0 Å². The molecule has 1 rings (SSSR count). The molecular formula is C10H10F2O3. The van der Waals surface area contributed by atoms with E-state index in [9.17, 15) is 13.6 Å². The maximum atomic E-state index is 11.8. The number of hydrogen-bond donors (Lipinski definition) is 1. The Morgan fingerprint density at radius 3 is 2.67 bits per heavy atom. The third-order valence-electron chi connectivity index (χ3n) is 1.67. The largest absolute Gasteiger partial charge is 0.488 e. The second-order valence-corrected chi connectivity index (χ2v) is 3.04. The van der Waals surface area contributed by atoms with Crippen LogP contribution in [0, 0.1) is 6.92 Å². The van der Waals surface area contributed by atoms with Crippen molar-refractivity contribution >= 4 is 5.97 Å². The summed E-state index contributed by atoms with van der Waals surface area (Å²) in [4.78, 5) is 10.6. The lowest BCUT2D eigenvalue weighted by atomic mass is 10.1. The number of aromatic carboxylic acids is 1. The number of alkyl halides is 2. The summed E-state index contributed by atoms with van der Waals surface area (Å²) in [6.45, 7) is 0.935. The van der Waals surface area contributed by atoms with Crippen molar-refractivity contribution in [3.8, 4) is 5.75 Å². The maximum absolute atomic E-state index is 11.8. The van der Waals surface area contributed by atoms with E-state index in [-0.39, 0.29) is 11.3 Å². The predicted octanol–water partition coefficient (Wildman–Crippen LogP) is 2.34. The van der Waals surface area contributed by atoms with Gasteiger partial charge in [-0.05, 0) is 30.7 Å². The van der Waals surface area contributed by atoms with Gasteiger partial charge in [-0.15, -0.1) is 0 Å². The monoisotopic (exact) mass is 216 g/mol. The first-order chi connectivity index (χ1) is 6.99. The number of carboxylic acids is 1. The third kappa shape index (κ3) is 3.53. The van der Waals surface area contributed by atoms with Crippen LogP contribution in [0.1, 0.15) is 15.9 Å². The van der Waals surface area contributed by atoms with Gasteiger partial charge in [0.1, 0.15) is 12.4 Å². The summed E-state index contributed by atoms with van der Waals surface area (Å²) in [7, 11) is 0. The highest BCUT2D eigenvalue weighted by Gasteiger charge is 2.08. The maximum Gasteiger partial charge on any atom is 0.335 e. The van der Waals surface area contributed by atoms with Gasteiger partial charge in [-0.25, -0.2) is 13.6 Å². The molecule has 1 aromatic rings. The molecule has 0 aliphatic heterocycles. The minimum Gasteiger partial charge on any atom is -0.488 e. The summed E-state index contributed by atoms with van der Waals surface area (Å²) in [6, 6.07) is 4.17. The molecule has 0 bridgehead atoms. The van der Waals surface area contributed by atoms with E-state index in [1.165, 1.54) is 18.2 Å². The summed E-state index contributed by atoms with van der Waals surface area (Å²) in [6.07, 6.45) is -2.57. The minimum atomic E-state index is -2.57. The molecule has 0 aliphatic carbocycles. The zero-order chi connectivity index (χ0) is 11.4. The van der Waals surface area contributed by atoms with Gasteiger partial charge in [-0.1, -0.05) is 0 Å². The molecule has 0 heterocycles. The van der Waals surface area contributed by atoms with Gasteiger partial charge < -0.3 is 9.84 Å². The van der Waals surface area contributed by atoms with E-state index in [4.69, 9.17) is 9.84 Å². The van der Waals surface area contributed by atoms with Crippen molar-refractivity contribution < 1.29 is 23.4 Å². The standard InChI is InChI=1S/C10H10F2O3/c1-6-2-7(10(13)14)4-8(3-6)15-5-9(11)12/h2-4,9H,5H2,1H3,(H,13,14). The SMILES string of the molecule is Cc1cc(OCC(F)F)cc(C(=O)O)c1. The molecule has 82 valence electrons. The highest BCUT2D eigenvalue weighted by molar-refractivity contribution is 5.88. The minimum absolute atomic E-state index is 0.0271. The van der Waals surface area contributed by atoms with Gasteiger partial charge in [0.05, 0.1) is 5.56 Å². The smallest absolute Gasteiger partial charge is 0.335 e. The fourth-order valence-electron chi connectivity index (χ4n) is 1.11. The van der Waals surface area contributed by atoms with Crippen molar-refractivity contribution in [3.05, 3.63) is 29.3 Å². The molecule has 0 spiro atoms. The quantitative estimate of drug-likeness (QED) is 0.840. The Labute approximate surface area is 85.3 Å². The Hall–Kier alpha value is -1.65. The summed E-state index contributed by atoms with van der Waals surface area (Å²) >= 11 is 0. The molecule has 1 N–H and O–H groups in total. The average Bonchev–Trinajstić information content (AvgIpc) is 2.13. The number of carboxylic acid groups (broad SMARTS) is 1. The Balaban J connectivity index is 2.84. The molecule has 0 saturated carbocycles. The topological polar surface area (TPSA) is 46.5 Å². The van der Waals surface area contributed by atoms with Crippen LogP contribution in [-0.4, -0.2) is 24.1 Å². The second kappa shape index (κ2) is 4.72. The van der Waals surface area contributed by atoms with Gasteiger partial charge in [-0.2, -0.15) is 0 Å². The lowest BCUT2D eigenvalue weighted by molar-refractivity contribution is 0.0695. The fourth-order valence-corrected chi connectivity index (χ4v) is 1.11. The predicted molar refractivity (Wildman–Crippen MR) is 49.6 cm³/mol. The molecule has 0 amide bonds. The van der Waals surface area contributed by atoms with Crippen molar-refractivity contribution in [1.82, 2.24) is 0 Å². The zero-order valence-electron chi connectivity index (χ0n) is 8.04. The molecular weight excluding hydrogens is 206 g/mol. The highest BCUT2D eigenvalue weighted by Crippen LogP contribution is 2.17. The van der Waals surface area contributed by atoms with Crippen LogP contribution in [0.15, 0.2) is 18.2 Å². The van der Waals surface area contributed by atoms with Gasteiger partial charge in [0, 0.05) is 0 Å². The Morgan fingerprint density at radius 2 is 2.13 bits per heavy atom. The van der Waals surface area contributed by atoms with E-state index in [0.717, 1.165) is 0 Å². The number of ether oxygens (including phenoxy) is 1. The van der Waals surface area contributed by atoms with Crippen molar-refractivity contribution in [1.29, 1.82) is 0 Å². The third-order valence-corrected chi connectivity index (χ3v) is 1.67. The summed E-state index contributed by atoms with van der Waals surface area (Å²) in [5, 5.41) is 8.71. The van der Waals surface area contributed by atoms with E-state index in [0.29, 0.717) is 5.56 Å². The van der Waals surface area contributed by atoms with Crippen LogP contribution < -0.4 is 4.74 Å². The van der Waals surface area contributed by atoms with E-state index >= 15 is 0 Å². The number of halogens is 2. The molecule has 1 aromatic carbocycles. The van der Waals surface area contributed by atoms with Crippen LogP contribution in [-0.2, 0) is 0 Å². The van der Waals surface area contributed by atoms with Gasteiger partial charge >= 0.3 is 5.97 Å². The van der Waals surface area contributed by atoms with E-state index in [1.54, 1.807) is 6.92 Å². The van der Waals surface area contributed by atoms with Gasteiger partial charge in [0.2, 0.25) is 0 Å². The number of carbonyl (C=O) groups is 1. The van der Waals surface area contributed by atoms with E-state index in [2.05, 4.69) is 0 Å². The fraction of sp³-hybridized carbons (Fsp3) is 0.300. The lowest BCUT2D eigenvalue weighted by Crippen LogP contribution is -2.08. The molecule has 0 unspecified atom stereocenters. The van der Waals surface area contributed by atoms with Crippen molar-refractivity contribution in [2.75, 3.05) is 6.61 Å². The molecule has 5 heteroatoms. The van der Waals surface area contributed by atoms with Crippen LogP contribution in [0.5, 0.6) is 5.75 Å². The normalized spacial score (nSPS) is 10.4. The Morgan fingerprint density at radius 1 is 1.47 bits per heavy atom. The first kappa shape index (κ1) is 11.4. The molecule has 0 atom stereocenters. The van der Waals surface area contributed by atoms with Crippen LogP contribution in [0.2, 0.25) is 0 Å². The van der Waals surface area contributed by atoms with Crippen LogP contribution in [0.4, 0.5) is 8.78 Å². The van der Waals surface area contributed by atoms with Crippen molar-refractivity contribution in [2.45, 2.75) is 13.3 Å². The molecule has 0 fully saturated rings. The lowest BCUT2D eigenvalue weighted by Gasteiger charge is -2.07. The molecule has 3 nitrogen and oxygen atoms in total. The molecule has 15 heavy (non-hydrogen) atoms. The molecule has 0 radical (unpaired) electrons. The van der Waals surface area contributed by atoms with E-state index < -0.39 is 19.0 Å². The molecule has 0 saturated heterocycles. The van der Waals surface area contributed by atoms with Crippen LogP contribution in [0.25, 0.3) is 0 Å². The highest BCUT2D eigenvalue weighted by atomic mass is 19.3. The van der Waals surface area contributed by atoms with Gasteiger partial charge in [0.15, 0.2) is 0 Å². The molecule has 0 aromatic heterocycles. The summed E-state index contributed by atoms with van der Waals surface area (Å²) < 4.78 is 28.4. The van der Waals surface area contributed by atoms with Crippen molar-refractivity contribution in [2.24, 2.45) is 0 Å². The number of aryl methyl sites for hydroxylation is 1. The van der Waals surface area contributed by atoms with Crippen molar-refractivity contribution in [3.63, 3.8) is 0 Å². The number of rotatable bonds is 4. The first-order valence-electron chi connectivity index (χ1n) is 4.25. The zero-order valence-corrected chi connectivity index (χ0v) is 8.04. The Kier molecular flexibility index (Phi) is 3.60. The summed E-state index contributed by atoms with van der Waals surface area (Å²) in [5.41, 5.74) is 0.679. The van der Waals surface area contributed by atoms with Gasteiger partial charge in [-0.3, -0.25) is 0 Å². The molecule has 0 aliphatic rings. The Bertz CT molecular complexity index is 364. The summed E-state index contributed by atoms with van der Waals surface area (Å²) in [5.74, 6) is -0.965. The number of hydrogen-bond acceptors (Lipinski definition) is 2. The van der Waals surface area contributed by atoms with Crippen LogP contribution in [0.3, 0.4) is 0 Å². The van der Waals surface area contributed by atoms with Gasteiger partial charge in [0.25, 0.3) is 6.43 Å². The first-order valence-corrected chi connectivity index (χ1v) is 4.25. The van der Waals surface area contributed by atoms with E-state index in [1.807, 2.05) is 0 Å². The average molecular weight is 216 g/mol. The number of benzene rings is 1.